The second-order valence-electron chi connectivity index (χ2n) is 6.53. The highest BCUT2D eigenvalue weighted by Gasteiger charge is 2.50. The van der Waals surface area contributed by atoms with Crippen molar-refractivity contribution in [2.45, 2.75) is 38.5 Å². The van der Waals surface area contributed by atoms with Gasteiger partial charge in [0.05, 0.1) is 6.26 Å². The highest BCUT2D eigenvalue weighted by Crippen LogP contribution is 2.43. The summed E-state index contributed by atoms with van der Waals surface area (Å²) in [6.45, 7) is 5.22. The van der Waals surface area contributed by atoms with Crippen LogP contribution in [0.4, 0.5) is 9.59 Å². The monoisotopic (exact) mass is 329 g/mol. The molecule has 1 fully saturated rings. The van der Waals surface area contributed by atoms with Crippen molar-refractivity contribution in [3.63, 3.8) is 0 Å². The standard InChI is InChI=1S/C18H19NO5/c1-18(2,3)24-17(21)19-14(13-10-7-11-22-13)15(23-16(19)20)12-8-5-4-6-9-12/h4-11,14-15H,1-3H3/t14-,15+/m1/s1. The average molecular weight is 329 g/mol. The zero-order chi connectivity index (χ0) is 17.3. The van der Waals surface area contributed by atoms with Crippen LogP contribution in [0, 0.1) is 0 Å². The Labute approximate surface area is 140 Å². The maximum absolute atomic E-state index is 12.5. The largest absolute Gasteiger partial charge is 0.467 e. The highest BCUT2D eigenvalue weighted by atomic mass is 16.6. The van der Waals surface area contributed by atoms with E-state index in [9.17, 15) is 9.59 Å². The molecule has 0 saturated carbocycles. The summed E-state index contributed by atoms with van der Waals surface area (Å²) in [6, 6.07) is 11.9. The average Bonchev–Trinajstić information content (AvgIpc) is 3.13. The molecule has 2 amide bonds. The number of benzene rings is 1. The first-order chi connectivity index (χ1) is 11.4. The van der Waals surface area contributed by atoms with Crippen molar-refractivity contribution in [2.24, 2.45) is 0 Å². The molecule has 1 saturated heterocycles. The first-order valence-electron chi connectivity index (χ1n) is 7.68. The van der Waals surface area contributed by atoms with Gasteiger partial charge in [0.15, 0.2) is 6.10 Å². The van der Waals surface area contributed by atoms with Crippen LogP contribution in [0.2, 0.25) is 0 Å². The summed E-state index contributed by atoms with van der Waals surface area (Å²) in [5, 5.41) is 0. The van der Waals surface area contributed by atoms with Gasteiger partial charge in [0.25, 0.3) is 0 Å². The molecule has 1 aromatic heterocycles. The van der Waals surface area contributed by atoms with E-state index in [4.69, 9.17) is 13.9 Å². The third-order valence-corrected chi connectivity index (χ3v) is 3.54. The Hall–Kier alpha value is -2.76. The van der Waals surface area contributed by atoms with Crippen LogP contribution in [0.5, 0.6) is 0 Å². The van der Waals surface area contributed by atoms with Crippen molar-refractivity contribution < 1.29 is 23.5 Å². The molecule has 1 aromatic carbocycles. The Kier molecular flexibility index (Phi) is 4.05. The van der Waals surface area contributed by atoms with E-state index in [0.29, 0.717) is 5.76 Å². The number of nitrogens with zero attached hydrogens (tertiary/aromatic N) is 1. The van der Waals surface area contributed by atoms with Gasteiger partial charge in [0, 0.05) is 0 Å². The molecule has 6 heteroatoms. The summed E-state index contributed by atoms with van der Waals surface area (Å²) >= 11 is 0. The predicted molar refractivity (Wildman–Crippen MR) is 85.2 cm³/mol. The first kappa shape index (κ1) is 16.1. The molecular weight excluding hydrogens is 310 g/mol. The molecule has 0 unspecified atom stereocenters. The van der Waals surface area contributed by atoms with Gasteiger partial charge in [0.2, 0.25) is 0 Å². The minimum atomic E-state index is -0.757. The van der Waals surface area contributed by atoms with Crippen molar-refractivity contribution in [3.8, 4) is 0 Å². The third-order valence-electron chi connectivity index (χ3n) is 3.54. The van der Waals surface area contributed by atoms with E-state index in [1.165, 1.54) is 6.26 Å². The van der Waals surface area contributed by atoms with Crippen LogP contribution in [-0.4, -0.2) is 22.7 Å². The van der Waals surface area contributed by atoms with Crippen LogP contribution in [0.25, 0.3) is 0 Å². The summed E-state index contributed by atoms with van der Waals surface area (Å²) in [5.74, 6) is 0.459. The van der Waals surface area contributed by atoms with Crippen LogP contribution in [0.3, 0.4) is 0 Å². The Morgan fingerprint density at radius 2 is 1.83 bits per heavy atom. The fraction of sp³-hybridized carbons (Fsp3) is 0.333. The van der Waals surface area contributed by atoms with E-state index in [2.05, 4.69) is 0 Å². The summed E-state index contributed by atoms with van der Waals surface area (Å²) in [4.78, 5) is 25.8. The Morgan fingerprint density at radius 3 is 2.42 bits per heavy atom. The lowest BCUT2D eigenvalue weighted by Crippen LogP contribution is -2.39. The molecule has 2 atom stereocenters. The van der Waals surface area contributed by atoms with Gasteiger partial charge in [-0.2, -0.15) is 4.90 Å². The number of amides is 2. The normalized spacial score (nSPS) is 20.8. The first-order valence-corrected chi connectivity index (χ1v) is 7.68. The van der Waals surface area contributed by atoms with Gasteiger partial charge in [-0.1, -0.05) is 30.3 Å². The molecule has 6 nitrogen and oxygen atoms in total. The summed E-state index contributed by atoms with van der Waals surface area (Å²) in [7, 11) is 0. The lowest BCUT2D eigenvalue weighted by atomic mass is 10.0. The van der Waals surface area contributed by atoms with Crippen molar-refractivity contribution in [1.29, 1.82) is 0 Å². The summed E-state index contributed by atoms with van der Waals surface area (Å²) in [5.41, 5.74) is 0.0499. The molecule has 2 aromatic rings. The molecule has 2 heterocycles. The molecule has 0 radical (unpaired) electrons. The smallest absolute Gasteiger partial charge is 0.420 e. The van der Waals surface area contributed by atoms with E-state index in [0.717, 1.165) is 10.5 Å². The van der Waals surface area contributed by atoms with Gasteiger partial charge >= 0.3 is 12.2 Å². The van der Waals surface area contributed by atoms with E-state index in [1.807, 2.05) is 30.3 Å². The second-order valence-corrected chi connectivity index (χ2v) is 6.53. The molecule has 3 rings (SSSR count). The SMILES string of the molecule is CC(C)(C)OC(=O)N1C(=O)O[C@@H](c2ccccc2)[C@H]1c1ccco1. The van der Waals surface area contributed by atoms with Crippen LogP contribution in [0.1, 0.15) is 44.2 Å². The van der Waals surface area contributed by atoms with Gasteiger partial charge in [0.1, 0.15) is 17.4 Å². The summed E-state index contributed by atoms with van der Waals surface area (Å²) < 4.78 is 16.3. The van der Waals surface area contributed by atoms with Crippen LogP contribution >= 0.6 is 0 Å². The molecule has 0 bridgehead atoms. The molecule has 24 heavy (non-hydrogen) atoms. The number of ether oxygens (including phenoxy) is 2. The molecule has 1 aliphatic heterocycles. The van der Waals surface area contributed by atoms with Crippen molar-refractivity contribution in [3.05, 3.63) is 60.1 Å². The van der Waals surface area contributed by atoms with E-state index in [1.54, 1.807) is 32.9 Å². The maximum Gasteiger partial charge on any atom is 0.420 e. The molecule has 0 N–H and O–H groups in total. The lowest BCUT2D eigenvalue weighted by molar-refractivity contribution is 0.0271. The van der Waals surface area contributed by atoms with Gasteiger partial charge in [-0.15, -0.1) is 0 Å². The molecule has 0 aliphatic carbocycles. The number of hydrogen-bond donors (Lipinski definition) is 0. The number of carbonyl (C=O) groups excluding carboxylic acids is 2. The van der Waals surface area contributed by atoms with E-state index in [-0.39, 0.29) is 0 Å². The zero-order valence-corrected chi connectivity index (χ0v) is 13.8. The van der Waals surface area contributed by atoms with Gasteiger partial charge < -0.3 is 13.9 Å². The fourth-order valence-corrected chi connectivity index (χ4v) is 2.61. The third kappa shape index (κ3) is 3.13. The van der Waals surface area contributed by atoms with E-state index >= 15 is 0 Å². The fourth-order valence-electron chi connectivity index (χ4n) is 2.61. The second kappa shape index (κ2) is 6.03. The van der Waals surface area contributed by atoms with Gasteiger partial charge in [-0.05, 0) is 38.5 Å². The quantitative estimate of drug-likeness (QED) is 0.814. The van der Waals surface area contributed by atoms with Gasteiger partial charge in [-0.25, -0.2) is 9.59 Å². The highest BCUT2D eigenvalue weighted by molar-refractivity contribution is 5.90. The van der Waals surface area contributed by atoms with Gasteiger partial charge in [-0.3, -0.25) is 0 Å². The van der Waals surface area contributed by atoms with Crippen molar-refractivity contribution in [2.75, 3.05) is 0 Å². The number of imide groups is 1. The van der Waals surface area contributed by atoms with Crippen molar-refractivity contribution >= 4 is 12.2 Å². The molecule has 126 valence electrons. The maximum atomic E-state index is 12.5. The van der Waals surface area contributed by atoms with E-state index < -0.39 is 29.9 Å². The number of hydrogen-bond acceptors (Lipinski definition) is 5. The minimum Gasteiger partial charge on any atom is -0.467 e. The topological polar surface area (TPSA) is 69.0 Å². The Morgan fingerprint density at radius 1 is 1.12 bits per heavy atom. The number of furan rings is 1. The van der Waals surface area contributed by atoms with Crippen LogP contribution in [0.15, 0.2) is 53.1 Å². The number of rotatable bonds is 2. The number of carbonyl (C=O) groups is 2. The predicted octanol–water partition coefficient (Wildman–Crippen LogP) is 4.45. The molecule has 0 spiro atoms. The number of cyclic esters (lactones) is 1. The lowest BCUT2D eigenvalue weighted by Gasteiger charge is -2.25. The van der Waals surface area contributed by atoms with Crippen LogP contribution < -0.4 is 0 Å². The van der Waals surface area contributed by atoms with Crippen LogP contribution in [-0.2, 0) is 9.47 Å². The molecule has 1 aliphatic rings. The Bertz CT molecular complexity index is 718. The minimum absolute atomic E-state index is 0.459. The Balaban J connectivity index is 1.98. The zero-order valence-electron chi connectivity index (χ0n) is 13.8. The summed E-state index contributed by atoms with van der Waals surface area (Å²) in [6.07, 6.45) is -0.669. The van der Waals surface area contributed by atoms with Crippen molar-refractivity contribution in [1.82, 2.24) is 4.90 Å². The molecular formula is C18H19NO5.